The first-order valence-corrected chi connectivity index (χ1v) is 11.7. The van der Waals surface area contributed by atoms with Crippen molar-refractivity contribution in [3.63, 3.8) is 0 Å². The number of aliphatic hydroxyl groups excluding tert-OH is 1. The van der Waals surface area contributed by atoms with Crippen LogP contribution in [-0.4, -0.2) is 70.7 Å². The lowest BCUT2D eigenvalue weighted by Crippen LogP contribution is -2.53. The Bertz CT molecular complexity index is 1220. The van der Waals surface area contributed by atoms with Gasteiger partial charge in [-0.3, -0.25) is 14.6 Å². The summed E-state index contributed by atoms with van der Waals surface area (Å²) in [5.41, 5.74) is 2.93. The highest BCUT2D eigenvalue weighted by molar-refractivity contribution is 6.08. The van der Waals surface area contributed by atoms with Gasteiger partial charge in [-0.1, -0.05) is 30.3 Å². The van der Waals surface area contributed by atoms with Crippen molar-refractivity contribution in [2.75, 3.05) is 33.4 Å². The third-order valence-corrected chi connectivity index (χ3v) is 7.01. The van der Waals surface area contributed by atoms with E-state index in [0.717, 1.165) is 33.5 Å². The number of H-pyrrole nitrogens is 1. The number of ether oxygens (including phenoxy) is 1. The monoisotopic (exact) mass is 462 g/mol. The molecule has 2 aliphatic heterocycles. The first-order chi connectivity index (χ1) is 16.5. The van der Waals surface area contributed by atoms with Gasteiger partial charge in [-0.25, -0.2) is 4.79 Å². The second-order valence-electron chi connectivity index (χ2n) is 9.13. The second kappa shape index (κ2) is 8.77. The number of methoxy groups -OCH3 is 1. The molecule has 8 heteroatoms. The van der Waals surface area contributed by atoms with E-state index in [9.17, 15) is 9.59 Å². The minimum absolute atomic E-state index is 0.0582. The number of carbonyl (C=O) groups is 2. The Hall–Kier alpha value is -3.36. The Balaban J connectivity index is 1.58. The number of benzene rings is 2. The first kappa shape index (κ1) is 22.4. The number of hydrogen-bond acceptors (Lipinski definition) is 5. The van der Waals surface area contributed by atoms with Crippen LogP contribution in [0, 0.1) is 0 Å². The summed E-state index contributed by atoms with van der Waals surface area (Å²) in [5.74, 6) is 0.590. The van der Waals surface area contributed by atoms with E-state index in [-0.39, 0.29) is 18.5 Å². The maximum absolute atomic E-state index is 13.7. The van der Waals surface area contributed by atoms with Crippen LogP contribution in [0.2, 0.25) is 0 Å². The van der Waals surface area contributed by atoms with E-state index in [4.69, 9.17) is 9.84 Å². The number of imide groups is 1. The molecule has 0 saturated carbocycles. The lowest BCUT2D eigenvalue weighted by atomic mass is 9.81. The third kappa shape index (κ3) is 3.45. The zero-order chi connectivity index (χ0) is 23.9. The molecule has 2 atom stereocenters. The summed E-state index contributed by atoms with van der Waals surface area (Å²) in [4.78, 5) is 34.2. The minimum atomic E-state index is -0.985. The normalized spacial score (nSPS) is 21.8. The number of hydrogen-bond donors (Lipinski definition) is 3. The van der Waals surface area contributed by atoms with Gasteiger partial charge >= 0.3 is 6.03 Å². The molecule has 3 heterocycles. The summed E-state index contributed by atoms with van der Waals surface area (Å²) >= 11 is 0. The Morgan fingerprint density at radius 1 is 1.18 bits per heavy atom. The Morgan fingerprint density at radius 3 is 2.71 bits per heavy atom. The quantitative estimate of drug-likeness (QED) is 0.353. The predicted molar refractivity (Wildman–Crippen MR) is 129 cm³/mol. The summed E-state index contributed by atoms with van der Waals surface area (Å²) in [6, 6.07) is 15.1. The molecule has 5 rings (SSSR count). The largest absolute Gasteiger partial charge is 0.497 e. The fourth-order valence-corrected chi connectivity index (χ4v) is 5.36. The van der Waals surface area contributed by atoms with Crippen LogP contribution >= 0.6 is 0 Å². The molecule has 2 unspecified atom stereocenters. The average Bonchev–Trinajstić information content (AvgIpc) is 3.30. The number of nitrogens with one attached hydrogen (secondary N) is 2. The molecule has 0 bridgehead atoms. The number of fused-ring (bicyclic) bond motifs is 4. The van der Waals surface area contributed by atoms with E-state index in [0.29, 0.717) is 32.5 Å². The molecule has 8 nitrogen and oxygen atoms in total. The number of carbonyl (C=O) groups excluding carboxylic acids is 2. The summed E-state index contributed by atoms with van der Waals surface area (Å²) < 4.78 is 5.46. The Labute approximate surface area is 198 Å². The van der Waals surface area contributed by atoms with Gasteiger partial charge in [-0.15, -0.1) is 0 Å². The van der Waals surface area contributed by atoms with Gasteiger partial charge in [0.15, 0.2) is 0 Å². The highest BCUT2D eigenvalue weighted by atomic mass is 16.5. The molecule has 2 aliphatic rings. The van der Waals surface area contributed by atoms with Gasteiger partial charge in [-0.2, -0.15) is 0 Å². The molecule has 1 fully saturated rings. The Kier molecular flexibility index (Phi) is 5.79. The van der Waals surface area contributed by atoms with Crippen LogP contribution < -0.4 is 10.1 Å². The topological polar surface area (TPSA) is 97.9 Å². The zero-order valence-corrected chi connectivity index (χ0v) is 19.5. The standard InChI is InChI=1S/C26H30N4O4/c1-26-16-20-19-15-18(34-2)9-10-21(19)28-22(20)23(17-7-4-3-5-8-17)30(26)25(33)29(24(26)32)13-6-11-27-12-14-31/h3-5,7-10,15,23,27-28,31H,6,11-14,16H2,1-2H3. The Morgan fingerprint density at radius 2 is 1.97 bits per heavy atom. The second-order valence-corrected chi connectivity index (χ2v) is 9.13. The van der Waals surface area contributed by atoms with Crippen LogP contribution in [0.15, 0.2) is 48.5 Å². The van der Waals surface area contributed by atoms with Gasteiger partial charge < -0.3 is 20.1 Å². The van der Waals surface area contributed by atoms with Gasteiger partial charge in [0.1, 0.15) is 17.3 Å². The fraction of sp³-hybridized carbons (Fsp3) is 0.385. The van der Waals surface area contributed by atoms with Crippen molar-refractivity contribution >= 4 is 22.8 Å². The molecule has 1 aromatic heterocycles. The summed E-state index contributed by atoms with van der Waals surface area (Å²) in [6.07, 6.45) is 1.06. The van der Waals surface area contributed by atoms with Gasteiger partial charge in [0, 0.05) is 36.1 Å². The first-order valence-electron chi connectivity index (χ1n) is 11.7. The molecular formula is C26H30N4O4. The van der Waals surface area contributed by atoms with E-state index >= 15 is 0 Å². The highest BCUT2D eigenvalue weighted by Gasteiger charge is 2.59. The summed E-state index contributed by atoms with van der Waals surface area (Å²) in [7, 11) is 1.64. The van der Waals surface area contributed by atoms with Crippen LogP contribution in [0.4, 0.5) is 4.79 Å². The van der Waals surface area contributed by atoms with E-state index in [1.165, 1.54) is 4.90 Å². The molecule has 0 aliphatic carbocycles. The predicted octanol–water partition coefficient (Wildman–Crippen LogP) is 2.82. The van der Waals surface area contributed by atoms with Gasteiger partial charge in [-0.05, 0) is 49.2 Å². The maximum atomic E-state index is 13.7. The van der Waals surface area contributed by atoms with Crippen LogP contribution in [0.25, 0.3) is 10.9 Å². The van der Waals surface area contributed by atoms with Crippen LogP contribution in [-0.2, 0) is 11.2 Å². The molecule has 0 radical (unpaired) electrons. The zero-order valence-electron chi connectivity index (χ0n) is 19.5. The van der Waals surface area contributed by atoms with Crippen LogP contribution in [0.5, 0.6) is 5.75 Å². The van der Waals surface area contributed by atoms with Crippen molar-refractivity contribution in [1.82, 2.24) is 20.1 Å². The number of urea groups is 1. The van der Waals surface area contributed by atoms with Crippen molar-refractivity contribution in [2.24, 2.45) is 0 Å². The number of amides is 3. The molecule has 34 heavy (non-hydrogen) atoms. The number of aromatic amines is 1. The molecule has 1 saturated heterocycles. The van der Waals surface area contributed by atoms with Crippen molar-refractivity contribution in [2.45, 2.75) is 31.3 Å². The number of aromatic nitrogens is 1. The van der Waals surface area contributed by atoms with E-state index in [1.54, 1.807) is 12.0 Å². The van der Waals surface area contributed by atoms with Gasteiger partial charge in [0.05, 0.1) is 13.7 Å². The molecule has 0 spiro atoms. The SMILES string of the molecule is COc1ccc2[nH]c3c(c2c1)CC1(C)C(=O)N(CCCNCCO)C(=O)N1C3c1ccccc1. The van der Waals surface area contributed by atoms with E-state index in [2.05, 4.69) is 10.3 Å². The number of nitrogens with zero attached hydrogens (tertiary/aromatic N) is 2. The molecule has 3 amide bonds. The number of aliphatic hydroxyl groups is 1. The molecule has 3 N–H and O–H groups in total. The molecule has 178 valence electrons. The van der Waals surface area contributed by atoms with E-state index in [1.807, 2.05) is 55.5 Å². The minimum Gasteiger partial charge on any atom is -0.497 e. The lowest BCUT2D eigenvalue weighted by Gasteiger charge is -2.42. The number of rotatable bonds is 8. The third-order valence-electron chi connectivity index (χ3n) is 7.01. The molecule has 3 aromatic rings. The van der Waals surface area contributed by atoms with Crippen molar-refractivity contribution < 1.29 is 19.4 Å². The van der Waals surface area contributed by atoms with Crippen molar-refractivity contribution in [3.05, 3.63) is 65.4 Å². The van der Waals surface area contributed by atoms with Crippen LogP contribution in [0.3, 0.4) is 0 Å². The van der Waals surface area contributed by atoms with Crippen LogP contribution in [0.1, 0.15) is 36.2 Å². The van der Waals surface area contributed by atoms with Gasteiger partial charge in [0.2, 0.25) is 0 Å². The lowest BCUT2D eigenvalue weighted by molar-refractivity contribution is -0.133. The summed E-state index contributed by atoms with van der Waals surface area (Å²) in [6.45, 7) is 3.40. The average molecular weight is 463 g/mol. The summed E-state index contributed by atoms with van der Waals surface area (Å²) in [5, 5.41) is 13.1. The van der Waals surface area contributed by atoms with Gasteiger partial charge in [0.25, 0.3) is 5.91 Å². The smallest absolute Gasteiger partial charge is 0.328 e. The highest BCUT2D eigenvalue weighted by Crippen LogP contribution is 2.48. The fourth-order valence-electron chi connectivity index (χ4n) is 5.36. The van der Waals surface area contributed by atoms with Crippen molar-refractivity contribution in [1.29, 1.82) is 0 Å². The maximum Gasteiger partial charge on any atom is 0.328 e. The molecular weight excluding hydrogens is 432 g/mol. The van der Waals surface area contributed by atoms with E-state index < -0.39 is 11.6 Å². The van der Waals surface area contributed by atoms with Crippen molar-refractivity contribution in [3.8, 4) is 5.75 Å². The molecule has 2 aromatic carbocycles.